The number of aliphatic hydroxyl groups excluding tert-OH is 1. The van der Waals surface area contributed by atoms with Crippen molar-refractivity contribution in [1.29, 1.82) is 0 Å². The lowest BCUT2D eigenvalue weighted by Gasteiger charge is -2.09. The van der Waals surface area contributed by atoms with Crippen molar-refractivity contribution in [3.63, 3.8) is 0 Å². The van der Waals surface area contributed by atoms with Gasteiger partial charge >= 0.3 is 0 Å². The van der Waals surface area contributed by atoms with Crippen LogP contribution in [0.1, 0.15) is 5.82 Å². The van der Waals surface area contributed by atoms with Gasteiger partial charge in [-0.3, -0.25) is 0 Å². The zero-order valence-corrected chi connectivity index (χ0v) is 12.2. The molecule has 5 heteroatoms. The summed E-state index contributed by atoms with van der Waals surface area (Å²) in [6.07, 6.45) is 0. The summed E-state index contributed by atoms with van der Waals surface area (Å²) < 4.78 is 2.03. The molecular formula is C16H16ClN3O. The molecule has 0 saturated carbocycles. The molecule has 3 aromatic rings. The van der Waals surface area contributed by atoms with E-state index in [9.17, 15) is 5.11 Å². The Kier molecular flexibility index (Phi) is 4.08. The molecule has 4 nitrogen and oxygen atoms in total. The first kappa shape index (κ1) is 13.9. The van der Waals surface area contributed by atoms with Gasteiger partial charge in [0.1, 0.15) is 5.82 Å². The first-order valence-electron chi connectivity index (χ1n) is 6.82. The Hall–Kier alpha value is -2.04. The molecule has 0 aliphatic rings. The van der Waals surface area contributed by atoms with Crippen LogP contribution in [0, 0.1) is 0 Å². The molecule has 0 bridgehead atoms. The Bertz CT molecular complexity index is 754. The molecule has 21 heavy (non-hydrogen) atoms. The van der Waals surface area contributed by atoms with Crippen LogP contribution in [0.25, 0.3) is 11.0 Å². The molecule has 0 atom stereocenters. The number of imidazole rings is 1. The third kappa shape index (κ3) is 3.01. The average Bonchev–Trinajstić information content (AvgIpc) is 2.84. The van der Waals surface area contributed by atoms with Crippen molar-refractivity contribution in [3.8, 4) is 0 Å². The zero-order chi connectivity index (χ0) is 14.7. The van der Waals surface area contributed by atoms with Crippen LogP contribution in [0.5, 0.6) is 0 Å². The molecule has 0 fully saturated rings. The normalized spacial score (nSPS) is 11.0. The van der Waals surface area contributed by atoms with Crippen LogP contribution in [0.4, 0.5) is 5.69 Å². The molecule has 2 N–H and O–H groups in total. The van der Waals surface area contributed by atoms with Crippen LogP contribution in [0.15, 0.2) is 48.5 Å². The van der Waals surface area contributed by atoms with E-state index in [4.69, 9.17) is 11.6 Å². The lowest BCUT2D eigenvalue weighted by Crippen LogP contribution is -2.11. The van der Waals surface area contributed by atoms with Gasteiger partial charge in [-0.2, -0.15) is 0 Å². The molecule has 0 amide bonds. The van der Waals surface area contributed by atoms with Gasteiger partial charge in [0.2, 0.25) is 0 Å². The number of halogens is 1. The van der Waals surface area contributed by atoms with Gasteiger partial charge in [0, 0.05) is 17.3 Å². The Morgan fingerprint density at radius 3 is 2.81 bits per heavy atom. The first-order valence-corrected chi connectivity index (χ1v) is 7.20. The van der Waals surface area contributed by atoms with Crippen LogP contribution in [0.2, 0.25) is 5.02 Å². The summed E-state index contributed by atoms with van der Waals surface area (Å²) in [4.78, 5) is 4.63. The molecule has 0 aliphatic carbocycles. The number of rotatable bonds is 5. The average molecular weight is 302 g/mol. The minimum Gasteiger partial charge on any atom is -0.395 e. The van der Waals surface area contributed by atoms with Gasteiger partial charge in [-0.15, -0.1) is 0 Å². The summed E-state index contributed by atoms with van der Waals surface area (Å²) >= 11 is 5.98. The van der Waals surface area contributed by atoms with E-state index < -0.39 is 0 Å². The van der Waals surface area contributed by atoms with E-state index in [1.807, 2.05) is 53.1 Å². The van der Waals surface area contributed by atoms with Crippen LogP contribution in [-0.4, -0.2) is 21.3 Å². The second-order valence-electron chi connectivity index (χ2n) is 4.76. The highest BCUT2D eigenvalue weighted by Crippen LogP contribution is 2.19. The topological polar surface area (TPSA) is 50.1 Å². The number of fused-ring (bicyclic) bond motifs is 1. The molecule has 3 rings (SSSR count). The minimum atomic E-state index is 0.0878. The molecule has 0 radical (unpaired) electrons. The Morgan fingerprint density at radius 1 is 1.14 bits per heavy atom. The number of aromatic nitrogens is 2. The highest BCUT2D eigenvalue weighted by molar-refractivity contribution is 6.30. The third-order valence-electron chi connectivity index (χ3n) is 3.33. The predicted molar refractivity (Wildman–Crippen MR) is 85.6 cm³/mol. The third-order valence-corrected chi connectivity index (χ3v) is 3.57. The second-order valence-corrected chi connectivity index (χ2v) is 5.19. The number of hydrogen-bond donors (Lipinski definition) is 2. The van der Waals surface area contributed by atoms with E-state index in [0.717, 1.165) is 22.5 Å². The SMILES string of the molecule is OCCn1c(CNc2cccc(Cl)c2)nc2ccccc21. The van der Waals surface area contributed by atoms with Gasteiger partial charge in [0.25, 0.3) is 0 Å². The Morgan fingerprint density at radius 2 is 2.00 bits per heavy atom. The second kappa shape index (κ2) is 6.16. The van der Waals surface area contributed by atoms with Gasteiger partial charge in [-0.05, 0) is 30.3 Å². The van der Waals surface area contributed by atoms with Crippen molar-refractivity contribution < 1.29 is 5.11 Å². The van der Waals surface area contributed by atoms with Crippen LogP contribution < -0.4 is 5.32 Å². The lowest BCUT2D eigenvalue weighted by molar-refractivity contribution is 0.276. The maximum absolute atomic E-state index is 9.26. The summed E-state index contributed by atoms with van der Waals surface area (Å²) in [6, 6.07) is 15.5. The Labute approximate surface area is 128 Å². The lowest BCUT2D eigenvalue weighted by atomic mass is 10.3. The highest BCUT2D eigenvalue weighted by Gasteiger charge is 2.09. The fraction of sp³-hybridized carbons (Fsp3) is 0.188. The van der Waals surface area contributed by atoms with E-state index in [0.29, 0.717) is 18.1 Å². The smallest absolute Gasteiger partial charge is 0.129 e. The number of nitrogens with zero attached hydrogens (tertiary/aromatic N) is 2. The van der Waals surface area contributed by atoms with E-state index in [1.165, 1.54) is 0 Å². The summed E-state index contributed by atoms with van der Waals surface area (Å²) in [5.74, 6) is 0.894. The molecule has 0 aliphatic heterocycles. The quantitative estimate of drug-likeness (QED) is 0.760. The van der Waals surface area contributed by atoms with Gasteiger partial charge < -0.3 is 15.0 Å². The fourth-order valence-electron chi connectivity index (χ4n) is 2.39. The number of hydrogen-bond acceptors (Lipinski definition) is 3. The van der Waals surface area contributed by atoms with Crippen molar-refractivity contribution in [2.45, 2.75) is 13.1 Å². The van der Waals surface area contributed by atoms with Crippen molar-refractivity contribution in [1.82, 2.24) is 9.55 Å². The first-order chi connectivity index (χ1) is 10.3. The van der Waals surface area contributed by atoms with Crippen LogP contribution in [-0.2, 0) is 13.1 Å². The number of anilines is 1. The standard InChI is InChI=1S/C16H16ClN3O/c17-12-4-3-5-13(10-12)18-11-16-19-14-6-1-2-7-15(14)20(16)8-9-21/h1-7,10,18,21H,8-9,11H2. The van der Waals surface area contributed by atoms with E-state index in [1.54, 1.807) is 0 Å². The van der Waals surface area contributed by atoms with E-state index in [-0.39, 0.29) is 6.61 Å². The molecule has 108 valence electrons. The predicted octanol–water partition coefficient (Wildman–Crippen LogP) is 3.29. The van der Waals surface area contributed by atoms with Crippen molar-refractivity contribution in [2.75, 3.05) is 11.9 Å². The van der Waals surface area contributed by atoms with Crippen molar-refractivity contribution in [3.05, 3.63) is 59.4 Å². The highest BCUT2D eigenvalue weighted by atomic mass is 35.5. The molecular weight excluding hydrogens is 286 g/mol. The molecule has 1 aromatic heterocycles. The van der Waals surface area contributed by atoms with E-state index in [2.05, 4.69) is 10.3 Å². The number of benzene rings is 2. The maximum atomic E-state index is 9.26. The molecule has 1 heterocycles. The van der Waals surface area contributed by atoms with Gasteiger partial charge in [-0.25, -0.2) is 4.98 Å². The summed E-state index contributed by atoms with van der Waals surface area (Å²) in [7, 11) is 0. The van der Waals surface area contributed by atoms with Crippen LogP contribution >= 0.6 is 11.6 Å². The minimum absolute atomic E-state index is 0.0878. The Balaban J connectivity index is 1.87. The molecule has 0 unspecified atom stereocenters. The fourth-order valence-corrected chi connectivity index (χ4v) is 2.58. The largest absolute Gasteiger partial charge is 0.395 e. The van der Waals surface area contributed by atoms with E-state index >= 15 is 0 Å². The number of aliphatic hydroxyl groups is 1. The number of para-hydroxylation sites is 2. The van der Waals surface area contributed by atoms with Gasteiger partial charge in [0.05, 0.1) is 24.2 Å². The molecule has 0 saturated heterocycles. The van der Waals surface area contributed by atoms with Crippen molar-refractivity contribution in [2.24, 2.45) is 0 Å². The van der Waals surface area contributed by atoms with Gasteiger partial charge in [-0.1, -0.05) is 29.8 Å². The monoisotopic (exact) mass is 301 g/mol. The maximum Gasteiger partial charge on any atom is 0.129 e. The summed E-state index contributed by atoms with van der Waals surface area (Å²) in [6.45, 7) is 1.20. The van der Waals surface area contributed by atoms with Crippen LogP contribution in [0.3, 0.4) is 0 Å². The molecule has 2 aromatic carbocycles. The summed E-state index contributed by atoms with van der Waals surface area (Å²) in [5.41, 5.74) is 2.92. The molecule has 0 spiro atoms. The van der Waals surface area contributed by atoms with Crippen molar-refractivity contribution >= 4 is 28.3 Å². The number of nitrogens with one attached hydrogen (secondary N) is 1. The zero-order valence-electron chi connectivity index (χ0n) is 11.5. The van der Waals surface area contributed by atoms with Gasteiger partial charge in [0.15, 0.2) is 0 Å². The summed E-state index contributed by atoms with van der Waals surface area (Å²) in [5, 5.41) is 13.3.